The first kappa shape index (κ1) is 22.6. The zero-order valence-corrected chi connectivity index (χ0v) is 14.7. The van der Waals surface area contributed by atoms with Gasteiger partial charge in [0.2, 0.25) is 0 Å². The minimum absolute atomic E-state index is 0.240. The Hall–Kier alpha value is -2.70. The Bertz CT molecular complexity index is 967. The van der Waals surface area contributed by atoms with Crippen LogP contribution >= 0.6 is 0 Å². The first-order valence-corrected chi connectivity index (χ1v) is 7.83. The maximum atomic E-state index is 15.2. The molecule has 0 amide bonds. The lowest BCUT2D eigenvalue weighted by atomic mass is 9.79. The quantitative estimate of drug-likeness (QED) is 0.512. The summed E-state index contributed by atoms with van der Waals surface area (Å²) < 4.78 is 122. The van der Waals surface area contributed by atoms with E-state index < -0.39 is 40.6 Å². The molecule has 1 atom stereocenters. The second-order valence-corrected chi connectivity index (χ2v) is 6.25. The van der Waals surface area contributed by atoms with E-state index in [4.69, 9.17) is 5.26 Å². The molecule has 155 valence electrons. The van der Waals surface area contributed by atoms with E-state index in [0.29, 0.717) is 0 Å². The normalized spacial score (nSPS) is 15.0. The molecule has 10 heteroatoms. The molecular weight excluding hydrogens is 413 g/mol. The van der Waals surface area contributed by atoms with Gasteiger partial charge in [-0.2, -0.15) is 40.4 Å². The molecule has 0 aromatic heterocycles. The summed E-state index contributed by atoms with van der Waals surface area (Å²) in [5.41, 5.74) is -10.3. The van der Waals surface area contributed by atoms with Crippen molar-refractivity contribution in [3.63, 3.8) is 0 Å². The van der Waals surface area contributed by atoms with Gasteiger partial charge in [0.1, 0.15) is 0 Å². The van der Waals surface area contributed by atoms with Crippen LogP contribution in [0.4, 0.5) is 39.5 Å². The molecule has 2 aromatic carbocycles. The number of alkyl halides is 9. The lowest BCUT2D eigenvalue weighted by molar-refractivity contribution is -0.389. The average Bonchev–Trinajstić information content (AvgIpc) is 2.58. The minimum atomic E-state index is -6.84. The molecule has 0 saturated carbocycles. The molecule has 0 N–H and O–H groups in total. The van der Waals surface area contributed by atoms with E-state index in [1.54, 1.807) is 6.07 Å². The highest BCUT2D eigenvalue weighted by Gasteiger charge is 2.82. The van der Waals surface area contributed by atoms with Crippen LogP contribution in [0.2, 0.25) is 0 Å². The summed E-state index contributed by atoms with van der Waals surface area (Å²) in [6, 6.07) is 8.95. The second-order valence-electron chi connectivity index (χ2n) is 6.25. The van der Waals surface area contributed by atoms with Crippen molar-refractivity contribution in [2.24, 2.45) is 0 Å². The van der Waals surface area contributed by atoms with E-state index in [1.807, 2.05) is 0 Å². The molecule has 0 heterocycles. The van der Waals surface area contributed by atoms with Crippen LogP contribution in [0.1, 0.15) is 22.3 Å². The zero-order valence-electron chi connectivity index (χ0n) is 14.7. The monoisotopic (exact) mass is 424 g/mol. The summed E-state index contributed by atoms with van der Waals surface area (Å²) in [5.74, 6) is -6.81. The van der Waals surface area contributed by atoms with Crippen LogP contribution in [-0.2, 0) is 5.67 Å². The molecule has 0 aliphatic heterocycles. The van der Waals surface area contributed by atoms with Gasteiger partial charge in [-0.25, -0.2) is 4.39 Å². The van der Waals surface area contributed by atoms with Crippen molar-refractivity contribution >= 4 is 0 Å². The van der Waals surface area contributed by atoms with E-state index in [9.17, 15) is 35.1 Å². The Kier molecular flexibility index (Phi) is 5.43. The lowest BCUT2D eigenvalue weighted by Crippen LogP contribution is -2.60. The Balaban J connectivity index is 3.08. The van der Waals surface area contributed by atoms with Crippen molar-refractivity contribution in [2.75, 3.05) is 0 Å². The molecule has 1 nitrogen and oxygen atoms in total. The van der Waals surface area contributed by atoms with Gasteiger partial charge in [-0.05, 0) is 42.7 Å². The summed E-state index contributed by atoms with van der Waals surface area (Å²) in [6.45, 7) is 2.14. The van der Waals surface area contributed by atoms with Crippen molar-refractivity contribution in [1.82, 2.24) is 0 Å². The van der Waals surface area contributed by atoms with Crippen LogP contribution in [0, 0.1) is 31.2 Å². The zero-order chi connectivity index (χ0) is 22.4. The lowest BCUT2D eigenvalue weighted by Gasteiger charge is -2.37. The van der Waals surface area contributed by atoms with Gasteiger partial charge in [-0.1, -0.05) is 24.3 Å². The molecule has 1 unspecified atom stereocenters. The van der Waals surface area contributed by atoms with Gasteiger partial charge in [0, 0.05) is 11.1 Å². The van der Waals surface area contributed by atoms with Gasteiger partial charge in [0.15, 0.2) is 0 Å². The number of halogens is 9. The molecule has 0 aliphatic rings. The summed E-state index contributed by atoms with van der Waals surface area (Å²) >= 11 is 0. The standard InChI is InChI=1S/C19H11F9N/c1-10-7-11(2)15(13-6-4-3-5-12(13)9-29)14(8-10)16(20,18(23,24)25)17(21,22)19(26,27)28/h3-6,8H,1-2H3. The van der Waals surface area contributed by atoms with E-state index >= 15 is 4.39 Å². The first-order chi connectivity index (χ1) is 13.1. The third-order valence-electron chi connectivity index (χ3n) is 4.26. The topological polar surface area (TPSA) is 23.8 Å². The molecule has 2 rings (SSSR count). The number of rotatable bonds is 3. The number of nitrogens with zero attached hydrogens (tertiary/aromatic N) is 1. The van der Waals surface area contributed by atoms with Gasteiger partial charge in [-0.3, -0.25) is 0 Å². The maximum Gasteiger partial charge on any atom is 0.457 e. The number of nitriles is 1. The fourth-order valence-corrected chi connectivity index (χ4v) is 3.00. The van der Waals surface area contributed by atoms with Crippen LogP contribution in [-0.4, -0.2) is 18.3 Å². The van der Waals surface area contributed by atoms with Crippen LogP contribution in [0.5, 0.6) is 0 Å². The molecule has 0 fully saturated rings. The smallest absolute Gasteiger partial charge is 0.221 e. The molecule has 0 aliphatic carbocycles. The van der Waals surface area contributed by atoms with Gasteiger partial charge in [0.25, 0.3) is 0 Å². The van der Waals surface area contributed by atoms with Gasteiger partial charge in [0.05, 0.1) is 11.6 Å². The molecule has 0 saturated heterocycles. The predicted molar refractivity (Wildman–Crippen MR) is 84.7 cm³/mol. The number of aryl methyl sites for hydroxylation is 2. The Morgan fingerprint density at radius 2 is 1.41 bits per heavy atom. The second kappa shape index (κ2) is 6.97. The Labute approximate surface area is 159 Å². The Morgan fingerprint density at radius 1 is 0.862 bits per heavy atom. The minimum Gasteiger partial charge on any atom is -0.221 e. The highest BCUT2D eigenvalue weighted by atomic mass is 19.4. The summed E-state index contributed by atoms with van der Waals surface area (Å²) in [6.07, 6.45) is -13.5. The van der Waals surface area contributed by atoms with Gasteiger partial charge < -0.3 is 0 Å². The molecular formula is C19H11F9N. The van der Waals surface area contributed by atoms with Crippen molar-refractivity contribution in [1.29, 1.82) is 5.26 Å². The van der Waals surface area contributed by atoms with Crippen LogP contribution < -0.4 is 0 Å². The third kappa shape index (κ3) is 3.43. The highest BCUT2D eigenvalue weighted by molar-refractivity contribution is 5.77. The first-order valence-electron chi connectivity index (χ1n) is 7.83. The fourth-order valence-electron chi connectivity index (χ4n) is 3.00. The number of hydrogen-bond donors (Lipinski definition) is 0. The van der Waals surface area contributed by atoms with Gasteiger partial charge >= 0.3 is 23.9 Å². The fraction of sp³-hybridized carbons (Fsp3) is 0.316. The van der Waals surface area contributed by atoms with E-state index in [0.717, 1.165) is 26.0 Å². The van der Waals surface area contributed by atoms with Crippen LogP contribution in [0.3, 0.4) is 0 Å². The van der Waals surface area contributed by atoms with Crippen LogP contribution in [0.15, 0.2) is 30.3 Å². The largest absolute Gasteiger partial charge is 0.457 e. The Morgan fingerprint density at radius 3 is 1.90 bits per heavy atom. The third-order valence-corrected chi connectivity index (χ3v) is 4.26. The van der Waals surface area contributed by atoms with Crippen molar-refractivity contribution in [2.45, 2.75) is 37.8 Å². The summed E-state index contributed by atoms with van der Waals surface area (Å²) in [5, 5.41) is 9.16. The van der Waals surface area contributed by atoms with Crippen molar-refractivity contribution < 1.29 is 39.5 Å². The van der Waals surface area contributed by atoms with E-state index in [-0.39, 0.29) is 22.8 Å². The summed E-state index contributed by atoms with van der Waals surface area (Å²) in [4.78, 5) is 0. The summed E-state index contributed by atoms with van der Waals surface area (Å²) in [7, 11) is 0. The van der Waals surface area contributed by atoms with Crippen LogP contribution in [0.25, 0.3) is 11.1 Å². The molecule has 0 spiro atoms. The molecule has 2 aromatic rings. The maximum absolute atomic E-state index is 15.2. The molecule has 0 bridgehead atoms. The van der Waals surface area contributed by atoms with Crippen molar-refractivity contribution in [3.8, 4) is 17.2 Å². The average molecular weight is 424 g/mol. The molecule has 29 heavy (non-hydrogen) atoms. The predicted octanol–water partition coefficient (Wildman–Crippen LogP) is 6.57. The number of hydrogen-bond acceptors (Lipinski definition) is 1. The highest BCUT2D eigenvalue weighted by Crippen LogP contribution is 2.60. The van der Waals surface area contributed by atoms with Crippen molar-refractivity contribution in [3.05, 3.63) is 58.7 Å². The van der Waals surface area contributed by atoms with E-state index in [1.165, 1.54) is 12.1 Å². The molecule has 1 radical (unpaired) electrons. The SMILES string of the molecule is Cc1[c]c(C)c(-c2ccccc2C#N)c(C(F)(C(F)(F)F)C(F)(F)C(F)(F)F)c1. The van der Waals surface area contributed by atoms with E-state index in [2.05, 4.69) is 6.07 Å². The van der Waals surface area contributed by atoms with Gasteiger partial charge in [-0.15, -0.1) is 0 Å². The number of benzene rings is 2.